The van der Waals surface area contributed by atoms with E-state index in [1.54, 1.807) is 74.9 Å². The minimum atomic E-state index is -3.98. The molecule has 0 spiro atoms. The second-order valence-electron chi connectivity index (χ2n) is 12.0. The molecule has 1 unspecified atom stereocenters. The second-order valence-corrected chi connectivity index (χ2v) is 13.8. The van der Waals surface area contributed by atoms with Crippen LogP contribution in [-0.4, -0.2) is 71.3 Å². The molecule has 0 aliphatic carbocycles. The van der Waals surface area contributed by atoms with Gasteiger partial charge >= 0.3 is 7.12 Å². The average molecular weight is 590 g/mol. The average Bonchev–Trinajstić information content (AvgIpc) is 3.41. The number of amides is 1. The van der Waals surface area contributed by atoms with Crippen LogP contribution in [0.5, 0.6) is 0 Å². The maximum atomic E-state index is 13.8. The maximum Gasteiger partial charge on any atom is 0.496 e. The lowest BCUT2D eigenvalue weighted by Gasteiger charge is -2.32. The highest BCUT2D eigenvalue weighted by molar-refractivity contribution is 7.90. The smallest absolute Gasteiger partial charge is 0.399 e. The van der Waals surface area contributed by atoms with E-state index in [-0.39, 0.29) is 23.0 Å². The Morgan fingerprint density at radius 1 is 1.05 bits per heavy atom. The molecule has 0 radical (unpaired) electrons. The highest BCUT2D eigenvalue weighted by Crippen LogP contribution is 2.37. The van der Waals surface area contributed by atoms with Crippen LogP contribution in [0.15, 0.2) is 71.9 Å². The minimum absolute atomic E-state index is 0.149. The fourth-order valence-corrected chi connectivity index (χ4v) is 6.26. The zero-order chi connectivity index (χ0) is 30.6. The van der Waals surface area contributed by atoms with Crippen LogP contribution in [0, 0.1) is 6.92 Å². The first-order valence-electron chi connectivity index (χ1n) is 13.8. The van der Waals surface area contributed by atoms with Gasteiger partial charge in [-0.05, 0) is 77.4 Å². The summed E-state index contributed by atoms with van der Waals surface area (Å²) < 4.78 is 41.3. The molecule has 220 valence electrons. The number of aromatic nitrogens is 2. The number of carbonyl (C=O) groups is 1. The van der Waals surface area contributed by atoms with Crippen LogP contribution in [0.1, 0.15) is 50.5 Å². The van der Waals surface area contributed by atoms with Crippen molar-refractivity contribution in [3.63, 3.8) is 0 Å². The summed E-state index contributed by atoms with van der Waals surface area (Å²) in [7, 11) is -3.02. The SMILES string of the molecule is Cc1ccc(S(=O)(=O)n2cc(-c3ccc(C(=O)N(C)CC(C)O)cc3)c3cc(B4OC(C)(C)C(C)(C)O4)cnc32)cc1. The van der Waals surface area contributed by atoms with Crippen LogP contribution >= 0.6 is 0 Å². The summed E-state index contributed by atoms with van der Waals surface area (Å²) in [5, 5.41) is 10.3. The van der Waals surface area contributed by atoms with Gasteiger partial charge in [0.15, 0.2) is 5.65 Å². The predicted molar refractivity (Wildman–Crippen MR) is 163 cm³/mol. The topological polar surface area (TPSA) is 111 Å². The summed E-state index contributed by atoms with van der Waals surface area (Å²) in [5.41, 5.74) is 2.56. The van der Waals surface area contributed by atoms with Crippen LogP contribution in [0.2, 0.25) is 0 Å². The molecule has 0 bridgehead atoms. The molecule has 2 aromatic heterocycles. The van der Waals surface area contributed by atoms with E-state index in [4.69, 9.17) is 9.31 Å². The minimum Gasteiger partial charge on any atom is -0.399 e. The van der Waals surface area contributed by atoms with Gasteiger partial charge in [-0.3, -0.25) is 4.79 Å². The van der Waals surface area contributed by atoms with E-state index in [1.165, 1.54) is 8.87 Å². The normalized spacial score (nSPS) is 17.0. The van der Waals surface area contributed by atoms with E-state index in [0.29, 0.717) is 27.5 Å². The van der Waals surface area contributed by atoms with Gasteiger partial charge in [0.2, 0.25) is 0 Å². The van der Waals surface area contributed by atoms with E-state index in [1.807, 2.05) is 40.7 Å². The maximum absolute atomic E-state index is 13.8. The quantitative estimate of drug-likeness (QED) is 0.325. The molecule has 0 saturated carbocycles. The van der Waals surface area contributed by atoms with Gasteiger partial charge in [-0.15, -0.1) is 0 Å². The van der Waals surface area contributed by atoms with Crippen molar-refractivity contribution in [3.8, 4) is 11.1 Å². The van der Waals surface area contributed by atoms with Crippen LogP contribution in [0.4, 0.5) is 0 Å². The first-order chi connectivity index (χ1) is 19.6. The molecule has 1 aliphatic rings. The lowest BCUT2D eigenvalue weighted by Crippen LogP contribution is -2.41. The number of hydrogen-bond donors (Lipinski definition) is 1. The lowest BCUT2D eigenvalue weighted by molar-refractivity contribution is 0.00578. The van der Waals surface area contributed by atoms with Crippen molar-refractivity contribution >= 4 is 39.5 Å². The van der Waals surface area contributed by atoms with Crippen molar-refractivity contribution in [2.75, 3.05) is 13.6 Å². The van der Waals surface area contributed by atoms with Crippen molar-refractivity contribution in [2.45, 2.75) is 63.7 Å². The van der Waals surface area contributed by atoms with Crippen LogP contribution in [-0.2, 0) is 19.3 Å². The Hall–Kier alpha value is -3.51. The van der Waals surface area contributed by atoms with E-state index < -0.39 is 34.4 Å². The van der Waals surface area contributed by atoms with Gasteiger partial charge < -0.3 is 19.3 Å². The number of aryl methyl sites for hydroxylation is 1. The van der Waals surface area contributed by atoms with Crippen molar-refractivity contribution in [2.24, 2.45) is 0 Å². The number of rotatable bonds is 7. The fraction of sp³-hybridized carbons (Fsp3) is 0.355. The molecule has 2 aromatic carbocycles. The zero-order valence-electron chi connectivity index (χ0n) is 25.0. The molecule has 1 saturated heterocycles. The third kappa shape index (κ3) is 5.37. The number of carbonyl (C=O) groups excluding carboxylic acids is 1. The third-order valence-corrected chi connectivity index (χ3v) is 9.73. The molecular formula is C31H36BN3O6S. The lowest BCUT2D eigenvalue weighted by atomic mass is 9.79. The van der Waals surface area contributed by atoms with Crippen molar-refractivity contribution in [3.05, 3.63) is 78.1 Å². The Kier molecular flexibility index (Phi) is 7.60. The molecule has 42 heavy (non-hydrogen) atoms. The predicted octanol–water partition coefficient (Wildman–Crippen LogP) is 4.00. The summed E-state index contributed by atoms with van der Waals surface area (Å²) in [6.45, 7) is 11.6. The zero-order valence-corrected chi connectivity index (χ0v) is 25.8. The van der Waals surface area contributed by atoms with Crippen LogP contribution in [0.3, 0.4) is 0 Å². The summed E-state index contributed by atoms with van der Waals surface area (Å²) in [6.07, 6.45) is 2.51. The van der Waals surface area contributed by atoms with Crippen LogP contribution in [0.25, 0.3) is 22.2 Å². The molecule has 1 fully saturated rings. The molecule has 4 aromatic rings. The largest absolute Gasteiger partial charge is 0.496 e. The Labute approximate surface area is 247 Å². The summed E-state index contributed by atoms with van der Waals surface area (Å²) in [6, 6.07) is 15.5. The number of hydrogen-bond acceptors (Lipinski definition) is 7. The number of aliphatic hydroxyl groups is 1. The van der Waals surface area contributed by atoms with E-state index >= 15 is 0 Å². The third-order valence-electron chi connectivity index (χ3n) is 8.06. The summed E-state index contributed by atoms with van der Waals surface area (Å²) in [4.78, 5) is 19.1. The first kappa shape index (κ1) is 30.0. The first-order valence-corrected chi connectivity index (χ1v) is 15.3. The molecular weight excluding hydrogens is 553 g/mol. The molecule has 9 nitrogen and oxygen atoms in total. The highest BCUT2D eigenvalue weighted by Gasteiger charge is 2.52. The number of pyridine rings is 1. The van der Waals surface area contributed by atoms with Gasteiger partial charge in [0.25, 0.3) is 15.9 Å². The number of likely N-dealkylation sites (N-methyl/N-ethyl adjacent to an activating group) is 1. The van der Waals surface area contributed by atoms with Gasteiger partial charge in [0.05, 0.1) is 22.2 Å². The van der Waals surface area contributed by atoms with Crippen molar-refractivity contribution in [1.29, 1.82) is 0 Å². The number of fused-ring (bicyclic) bond motifs is 1. The second kappa shape index (κ2) is 10.6. The Balaban J connectivity index is 1.62. The van der Waals surface area contributed by atoms with Crippen molar-refractivity contribution < 1.29 is 27.6 Å². The van der Waals surface area contributed by atoms with Gasteiger partial charge in [-0.25, -0.2) is 17.4 Å². The number of nitrogens with zero attached hydrogens (tertiary/aromatic N) is 3. The number of benzene rings is 2. The molecule has 1 amide bonds. The molecule has 1 N–H and O–H groups in total. The van der Waals surface area contributed by atoms with E-state index in [9.17, 15) is 18.3 Å². The molecule has 1 aliphatic heterocycles. The standard InChI is InChI=1S/C31H36BN3O6S/c1-20-8-14-25(15-9-20)42(38,39)35-19-27(22-10-12-23(13-11-22)29(37)34(7)18-21(2)36)26-16-24(17-33-28(26)35)32-40-30(3,4)31(5,6)41-32/h8-17,19,21,36H,18H2,1-7H3. The van der Waals surface area contributed by atoms with E-state index in [2.05, 4.69) is 4.98 Å². The fourth-order valence-electron chi connectivity index (χ4n) is 4.93. The highest BCUT2D eigenvalue weighted by atomic mass is 32.2. The Bertz CT molecular complexity index is 1730. The van der Waals surface area contributed by atoms with Gasteiger partial charge in [-0.1, -0.05) is 29.8 Å². The molecule has 11 heteroatoms. The van der Waals surface area contributed by atoms with Crippen LogP contribution < -0.4 is 5.46 Å². The van der Waals surface area contributed by atoms with E-state index in [0.717, 1.165) is 5.56 Å². The monoisotopic (exact) mass is 589 g/mol. The summed E-state index contributed by atoms with van der Waals surface area (Å²) >= 11 is 0. The Morgan fingerprint density at radius 2 is 1.64 bits per heavy atom. The van der Waals surface area contributed by atoms with Gasteiger partial charge in [0, 0.05) is 48.0 Å². The van der Waals surface area contributed by atoms with Crippen molar-refractivity contribution in [1.82, 2.24) is 13.9 Å². The number of aliphatic hydroxyl groups excluding tert-OH is 1. The Morgan fingerprint density at radius 3 is 2.21 bits per heavy atom. The molecule has 3 heterocycles. The van der Waals surface area contributed by atoms with Gasteiger partial charge in [-0.2, -0.15) is 0 Å². The summed E-state index contributed by atoms with van der Waals surface area (Å²) in [5.74, 6) is -0.225. The van der Waals surface area contributed by atoms with Gasteiger partial charge in [0.1, 0.15) is 0 Å². The molecule has 1 atom stereocenters. The molecule has 5 rings (SSSR count).